The van der Waals surface area contributed by atoms with Gasteiger partial charge in [-0.3, -0.25) is 4.79 Å². The highest BCUT2D eigenvalue weighted by Gasteiger charge is 2.28. The van der Waals surface area contributed by atoms with Gasteiger partial charge in [-0.05, 0) is 6.42 Å². The van der Waals surface area contributed by atoms with Gasteiger partial charge in [-0.2, -0.15) is 0 Å². The van der Waals surface area contributed by atoms with E-state index in [-0.39, 0.29) is 19.7 Å². The molecule has 0 heterocycles. The standard InChI is InChI=1S/C10H20O8/c1-2-8(9(15)7(14)5-12)18-10(17-6-13)16-4-3-11/h6-12,14-15H,2-5H2,1H3. The molecule has 0 fully saturated rings. The number of hydrogen-bond acceptors (Lipinski definition) is 8. The summed E-state index contributed by atoms with van der Waals surface area (Å²) in [5.74, 6) is 0. The first-order chi connectivity index (χ1) is 8.60. The van der Waals surface area contributed by atoms with Crippen molar-refractivity contribution in [2.45, 2.75) is 38.1 Å². The highest BCUT2D eigenvalue weighted by molar-refractivity contribution is 5.36. The SMILES string of the molecule is CCC(OC(OC=O)OCCO)C(O)C(O)CO. The largest absolute Gasteiger partial charge is 0.413 e. The number of hydrogen-bond donors (Lipinski definition) is 4. The zero-order chi connectivity index (χ0) is 14.0. The van der Waals surface area contributed by atoms with E-state index in [9.17, 15) is 15.0 Å². The number of carbonyl (C=O) groups is 1. The third kappa shape index (κ3) is 6.24. The summed E-state index contributed by atoms with van der Waals surface area (Å²) in [5.41, 5.74) is 0. The molecular weight excluding hydrogens is 248 g/mol. The van der Waals surface area contributed by atoms with E-state index in [4.69, 9.17) is 19.7 Å². The summed E-state index contributed by atoms with van der Waals surface area (Å²) in [4.78, 5) is 10.2. The summed E-state index contributed by atoms with van der Waals surface area (Å²) in [6, 6.07) is 0. The molecular formula is C10H20O8. The Balaban J connectivity index is 4.39. The monoisotopic (exact) mass is 268 g/mol. The Morgan fingerprint density at radius 1 is 1.28 bits per heavy atom. The maximum absolute atomic E-state index is 10.2. The van der Waals surface area contributed by atoms with Crippen LogP contribution in [0.25, 0.3) is 0 Å². The Morgan fingerprint density at radius 2 is 1.94 bits per heavy atom. The van der Waals surface area contributed by atoms with E-state index in [1.807, 2.05) is 0 Å². The van der Waals surface area contributed by atoms with Crippen LogP contribution in [0.15, 0.2) is 0 Å². The molecule has 0 amide bonds. The molecule has 4 unspecified atom stereocenters. The molecule has 8 nitrogen and oxygen atoms in total. The lowest BCUT2D eigenvalue weighted by Gasteiger charge is -2.28. The van der Waals surface area contributed by atoms with E-state index in [2.05, 4.69) is 4.74 Å². The summed E-state index contributed by atoms with van der Waals surface area (Å²) in [7, 11) is 0. The van der Waals surface area contributed by atoms with Crippen molar-refractivity contribution in [1.82, 2.24) is 0 Å². The fourth-order valence-corrected chi connectivity index (χ4v) is 1.22. The zero-order valence-electron chi connectivity index (χ0n) is 10.1. The molecule has 0 saturated heterocycles. The van der Waals surface area contributed by atoms with E-state index in [0.29, 0.717) is 6.42 Å². The molecule has 0 aliphatic rings. The fourth-order valence-electron chi connectivity index (χ4n) is 1.22. The molecule has 4 N–H and O–H groups in total. The van der Waals surface area contributed by atoms with Gasteiger partial charge in [0.25, 0.3) is 6.47 Å². The molecule has 0 bridgehead atoms. The molecule has 108 valence electrons. The number of carbonyl (C=O) groups excluding carboxylic acids is 1. The number of rotatable bonds is 11. The average Bonchev–Trinajstić information content (AvgIpc) is 2.40. The predicted octanol–water partition coefficient (Wildman–Crippen LogP) is -2.04. The van der Waals surface area contributed by atoms with Gasteiger partial charge in [0, 0.05) is 0 Å². The third-order valence-electron chi connectivity index (χ3n) is 2.16. The second-order valence-electron chi connectivity index (χ2n) is 3.44. The van der Waals surface area contributed by atoms with Crippen molar-refractivity contribution in [2.24, 2.45) is 0 Å². The molecule has 0 rings (SSSR count). The van der Waals surface area contributed by atoms with E-state index < -0.39 is 31.4 Å². The average molecular weight is 268 g/mol. The van der Waals surface area contributed by atoms with Gasteiger partial charge in [-0.25, -0.2) is 0 Å². The van der Waals surface area contributed by atoms with Gasteiger partial charge >= 0.3 is 6.48 Å². The lowest BCUT2D eigenvalue weighted by molar-refractivity contribution is -0.300. The van der Waals surface area contributed by atoms with Crippen LogP contribution in [0.3, 0.4) is 0 Å². The van der Waals surface area contributed by atoms with Crippen molar-refractivity contribution < 1.29 is 39.4 Å². The summed E-state index contributed by atoms with van der Waals surface area (Å²) >= 11 is 0. The predicted molar refractivity (Wildman–Crippen MR) is 58.2 cm³/mol. The second-order valence-corrected chi connectivity index (χ2v) is 3.44. The Bertz CT molecular complexity index is 212. The van der Waals surface area contributed by atoms with E-state index in [0.717, 1.165) is 0 Å². The van der Waals surface area contributed by atoms with Gasteiger partial charge < -0.3 is 34.6 Å². The van der Waals surface area contributed by atoms with Gasteiger partial charge in [-0.1, -0.05) is 6.92 Å². The van der Waals surface area contributed by atoms with E-state index in [1.165, 1.54) is 0 Å². The number of ether oxygens (including phenoxy) is 3. The molecule has 18 heavy (non-hydrogen) atoms. The van der Waals surface area contributed by atoms with Gasteiger partial charge in [-0.15, -0.1) is 0 Å². The van der Waals surface area contributed by atoms with Crippen LogP contribution in [-0.4, -0.2) is 71.5 Å². The molecule has 0 aliphatic heterocycles. The minimum atomic E-state index is -1.39. The van der Waals surface area contributed by atoms with Crippen LogP contribution in [0.2, 0.25) is 0 Å². The normalized spacial score (nSPS) is 17.8. The molecule has 8 heteroatoms. The van der Waals surface area contributed by atoms with Crippen LogP contribution in [0, 0.1) is 0 Å². The lowest BCUT2D eigenvalue weighted by Crippen LogP contribution is -2.43. The highest BCUT2D eigenvalue weighted by Crippen LogP contribution is 2.12. The minimum Gasteiger partial charge on any atom is -0.413 e. The summed E-state index contributed by atoms with van der Waals surface area (Å²) < 4.78 is 14.4. The maximum Gasteiger partial charge on any atom is 0.318 e. The summed E-state index contributed by atoms with van der Waals surface area (Å²) in [6.07, 6.45) is -3.32. The molecule has 0 saturated carbocycles. The van der Waals surface area contributed by atoms with Crippen molar-refractivity contribution in [3.63, 3.8) is 0 Å². The first kappa shape index (κ1) is 17.2. The van der Waals surface area contributed by atoms with Crippen molar-refractivity contribution in [3.8, 4) is 0 Å². The van der Waals surface area contributed by atoms with E-state index in [1.54, 1.807) is 6.92 Å². The fraction of sp³-hybridized carbons (Fsp3) is 0.900. The van der Waals surface area contributed by atoms with Gasteiger partial charge in [0.2, 0.25) is 0 Å². The first-order valence-electron chi connectivity index (χ1n) is 5.54. The van der Waals surface area contributed by atoms with Crippen LogP contribution < -0.4 is 0 Å². The Kier molecular flexibility index (Phi) is 9.74. The quantitative estimate of drug-likeness (QED) is 0.249. The van der Waals surface area contributed by atoms with Crippen LogP contribution in [0.1, 0.15) is 13.3 Å². The maximum atomic E-state index is 10.2. The smallest absolute Gasteiger partial charge is 0.318 e. The van der Waals surface area contributed by atoms with Gasteiger partial charge in [0.1, 0.15) is 12.2 Å². The topological polar surface area (TPSA) is 126 Å². The van der Waals surface area contributed by atoms with Gasteiger partial charge in [0.05, 0.1) is 25.9 Å². The third-order valence-corrected chi connectivity index (χ3v) is 2.16. The lowest BCUT2D eigenvalue weighted by atomic mass is 10.1. The molecule has 0 spiro atoms. The Labute approximate surface area is 105 Å². The van der Waals surface area contributed by atoms with Crippen molar-refractivity contribution in [1.29, 1.82) is 0 Å². The first-order valence-corrected chi connectivity index (χ1v) is 5.54. The highest BCUT2D eigenvalue weighted by atomic mass is 16.9. The number of aliphatic hydroxyl groups excluding tert-OH is 4. The molecule has 0 radical (unpaired) electrons. The van der Waals surface area contributed by atoms with Crippen LogP contribution in [0.5, 0.6) is 0 Å². The molecule has 0 aliphatic carbocycles. The molecule has 0 aromatic heterocycles. The van der Waals surface area contributed by atoms with Crippen LogP contribution in [-0.2, 0) is 19.0 Å². The summed E-state index contributed by atoms with van der Waals surface area (Å²) in [5, 5.41) is 36.2. The molecule has 0 aromatic rings. The van der Waals surface area contributed by atoms with Gasteiger partial charge in [0.15, 0.2) is 0 Å². The van der Waals surface area contributed by atoms with E-state index >= 15 is 0 Å². The summed E-state index contributed by atoms with van der Waals surface area (Å²) in [6.45, 7) is -0.655. The Morgan fingerprint density at radius 3 is 2.39 bits per heavy atom. The van der Waals surface area contributed by atoms with Crippen LogP contribution in [0.4, 0.5) is 0 Å². The van der Waals surface area contributed by atoms with Crippen molar-refractivity contribution >= 4 is 6.47 Å². The zero-order valence-corrected chi connectivity index (χ0v) is 10.1. The van der Waals surface area contributed by atoms with Crippen LogP contribution >= 0.6 is 0 Å². The molecule has 4 atom stereocenters. The van der Waals surface area contributed by atoms with Crippen molar-refractivity contribution in [3.05, 3.63) is 0 Å². The van der Waals surface area contributed by atoms with Crippen molar-refractivity contribution in [2.75, 3.05) is 19.8 Å². The number of aliphatic hydroxyl groups is 4. The minimum absolute atomic E-state index is 0.101. The Hall–Kier alpha value is -0.770. The molecule has 0 aromatic carbocycles. The second kappa shape index (κ2) is 10.2.